The first-order chi connectivity index (χ1) is 4.13. The Labute approximate surface area is 85.8 Å². The minimum absolute atomic E-state index is 0.723. The summed E-state index contributed by atoms with van der Waals surface area (Å²) in [5.74, 6) is 0. The molecule has 0 bridgehead atoms. The molecule has 0 unspecified atom stereocenters. The number of imidazole rings is 1. The van der Waals surface area contributed by atoms with Crippen LogP contribution in [0, 0.1) is 0 Å². The summed E-state index contributed by atoms with van der Waals surface area (Å²) in [5.41, 5.74) is 0. The van der Waals surface area contributed by atoms with Crippen molar-refractivity contribution in [2.45, 2.75) is 0 Å². The third-order valence-electron chi connectivity index (χ3n) is 0.695. The highest BCUT2D eigenvalue weighted by atomic mass is 79.9. The van der Waals surface area contributed by atoms with Gasteiger partial charge in [-0.3, -0.25) is 0 Å². The second kappa shape index (κ2) is 3.02. The zero-order valence-corrected chi connectivity index (χ0v) is 10.3. The largest absolute Gasteiger partial charge is 0.245 e. The van der Waals surface area contributed by atoms with Gasteiger partial charge in [-0.1, -0.05) is 0 Å². The zero-order valence-electron chi connectivity index (χ0n) is 3.91. The Bertz CT molecular complexity index is 207. The lowest BCUT2D eigenvalue weighted by Gasteiger charge is -1.87. The van der Waals surface area contributed by atoms with E-state index >= 15 is 0 Å². The Morgan fingerprint density at radius 1 is 1.22 bits per heavy atom. The summed E-state index contributed by atoms with van der Waals surface area (Å²) in [4.78, 5) is 4.01. The average molecular weight is 384 g/mol. The van der Waals surface area contributed by atoms with E-state index in [9.17, 15) is 0 Å². The lowest BCUT2D eigenvalue weighted by Crippen LogP contribution is -1.75. The molecule has 1 rings (SSSR count). The van der Waals surface area contributed by atoms with Crippen molar-refractivity contribution in [1.29, 1.82) is 0 Å². The van der Waals surface area contributed by atoms with E-state index in [4.69, 9.17) is 0 Å². The van der Waals surface area contributed by atoms with Crippen LogP contribution in [0.2, 0.25) is 0 Å². The molecular weight excluding hydrogens is 384 g/mol. The van der Waals surface area contributed by atoms with Gasteiger partial charge in [0.2, 0.25) is 0 Å². The van der Waals surface area contributed by atoms with E-state index in [0.717, 1.165) is 13.9 Å². The third kappa shape index (κ3) is 1.58. The summed E-state index contributed by atoms with van der Waals surface area (Å²) in [6, 6.07) is 0. The first-order valence-corrected chi connectivity index (χ1v) is 4.97. The summed E-state index contributed by atoms with van der Waals surface area (Å²) in [6.45, 7) is 0. The normalized spacial score (nSPS) is 10.2. The SMILES string of the molecule is Brc1nc(Br)n(Br)c1Br. The first kappa shape index (κ1) is 8.23. The van der Waals surface area contributed by atoms with Crippen LogP contribution in [0.15, 0.2) is 13.9 Å². The van der Waals surface area contributed by atoms with E-state index in [1.807, 2.05) is 0 Å². The number of nitrogens with zero attached hydrogens (tertiary/aromatic N) is 2. The van der Waals surface area contributed by atoms with Crippen LogP contribution >= 0.6 is 63.9 Å². The molecule has 0 saturated carbocycles. The molecule has 0 fully saturated rings. The van der Waals surface area contributed by atoms with E-state index in [1.165, 1.54) is 0 Å². The minimum atomic E-state index is 0.723. The predicted octanol–water partition coefficient (Wildman–Crippen LogP) is 3.33. The lowest BCUT2D eigenvalue weighted by molar-refractivity contribution is 1.17. The molecule has 1 aromatic rings. The molecule has 6 heteroatoms. The molecule has 50 valence electrons. The molecule has 1 aromatic heterocycles. The Morgan fingerprint density at radius 3 is 1.89 bits per heavy atom. The number of aromatic nitrogens is 2. The molecule has 0 amide bonds. The van der Waals surface area contributed by atoms with Crippen LogP contribution in [0.1, 0.15) is 0 Å². The molecule has 2 nitrogen and oxygen atoms in total. The van der Waals surface area contributed by atoms with Gasteiger partial charge in [0.15, 0.2) is 4.73 Å². The minimum Gasteiger partial charge on any atom is -0.245 e. The quantitative estimate of drug-likeness (QED) is 0.672. The van der Waals surface area contributed by atoms with Gasteiger partial charge in [0.05, 0.1) is 16.1 Å². The van der Waals surface area contributed by atoms with Crippen molar-refractivity contribution in [3.8, 4) is 0 Å². The van der Waals surface area contributed by atoms with Gasteiger partial charge in [-0.15, -0.1) is 0 Å². The van der Waals surface area contributed by atoms with Gasteiger partial charge in [0.1, 0.15) is 9.21 Å². The highest BCUT2D eigenvalue weighted by molar-refractivity contribution is 9.14. The highest BCUT2D eigenvalue weighted by Crippen LogP contribution is 2.28. The summed E-state index contributed by atoms with van der Waals surface area (Å²) in [6.07, 6.45) is 0. The van der Waals surface area contributed by atoms with E-state index in [1.54, 1.807) is 3.59 Å². The third-order valence-corrected chi connectivity index (χ3v) is 4.68. The molecule has 1 heterocycles. The van der Waals surface area contributed by atoms with Crippen molar-refractivity contribution < 1.29 is 0 Å². The molecule has 0 aliphatic heterocycles. The topological polar surface area (TPSA) is 17.8 Å². The smallest absolute Gasteiger partial charge is 0.189 e. The summed E-state index contributed by atoms with van der Waals surface area (Å²) in [5, 5.41) is 0. The fourth-order valence-electron chi connectivity index (χ4n) is 0.333. The Morgan fingerprint density at radius 2 is 1.78 bits per heavy atom. The van der Waals surface area contributed by atoms with Crippen molar-refractivity contribution in [2.75, 3.05) is 0 Å². The van der Waals surface area contributed by atoms with Gasteiger partial charge < -0.3 is 0 Å². The Balaban J connectivity index is 3.29. The monoisotopic (exact) mass is 380 g/mol. The van der Waals surface area contributed by atoms with E-state index in [2.05, 4.69) is 68.9 Å². The highest BCUT2D eigenvalue weighted by Gasteiger charge is 2.07. The van der Waals surface area contributed by atoms with Gasteiger partial charge in [0.25, 0.3) is 0 Å². The van der Waals surface area contributed by atoms with Gasteiger partial charge in [-0.2, -0.15) is 0 Å². The molecule has 0 aliphatic rings. The predicted molar refractivity (Wildman–Crippen MR) is 49.7 cm³/mol. The fourth-order valence-corrected chi connectivity index (χ4v) is 2.25. The van der Waals surface area contributed by atoms with Crippen molar-refractivity contribution in [1.82, 2.24) is 8.58 Å². The molecule has 0 spiro atoms. The first-order valence-electron chi connectivity index (χ1n) is 1.88. The summed E-state index contributed by atoms with van der Waals surface area (Å²) < 4.78 is 4.04. The number of hydrogen-bond acceptors (Lipinski definition) is 1. The van der Waals surface area contributed by atoms with Crippen LogP contribution in [-0.2, 0) is 0 Å². The van der Waals surface area contributed by atoms with Crippen LogP contribution in [0.4, 0.5) is 0 Å². The van der Waals surface area contributed by atoms with Gasteiger partial charge in [0, 0.05) is 0 Å². The van der Waals surface area contributed by atoms with E-state index in [-0.39, 0.29) is 0 Å². The number of rotatable bonds is 0. The van der Waals surface area contributed by atoms with Gasteiger partial charge in [-0.25, -0.2) is 8.58 Å². The molecule has 0 saturated heterocycles. The maximum Gasteiger partial charge on any atom is 0.189 e. The summed E-state index contributed by atoms with van der Waals surface area (Å²) in [7, 11) is 0. The van der Waals surface area contributed by atoms with Gasteiger partial charge in [-0.05, 0) is 47.8 Å². The standard InChI is InChI=1S/C3Br4N2/c4-1-2(5)9(7)3(6)8-1. The van der Waals surface area contributed by atoms with Crippen molar-refractivity contribution in [3.05, 3.63) is 13.9 Å². The second-order valence-corrected chi connectivity index (χ2v) is 4.16. The van der Waals surface area contributed by atoms with Crippen LogP contribution in [0.5, 0.6) is 0 Å². The maximum absolute atomic E-state index is 4.01. The van der Waals surface area contributed by atoms with Crippen molar-refractivity contribution >= 4 is 63.9 Å². The number of halogens is 4. The fraction of sp³-hybridized carbons (Fsp3) is 0. The molecule has 0 aromatic carbocycles. The van der Waals surface area contributed by atoms with E-state index in [0.29, 0.717) is 0 Å². The van der Waals surface area contributed by atoms with Crippen LogP contribution in [0.25, 0.3) is 0 Å². The lowest BCUT2D eigenvalue weighted by atomic mass is 11.0. The molecule has 0 N–H and O–H groups in total. The molecule has 0 radical (unpaired) electrons. The van der Waals surface area contributed by atoms with E-state index < -0.39 is 0 Å². The maximum atomic E-state index is 4.01. The zero-order chi connectivity index (χ0) is 7.02. The summed E-state index contributed by atoms with van der Waals surface area (Å²) >= 11 is 12.9. The molecular formula is C3Br4N2. The van der Waals surface area contributed by atoms with Gasteiger partial charge >= 0.3 is 0 Å². The van der Waals surface area contributed by atoms with Crippen LogP contribution < -0.4 is 0 Å². The Kier molecular flexibility index (Phi) is 2.76. The average Bonchev–Trinajstić information content (AvgIpc) is 1.98. The Hall–Kier alpha value is 1.13. The second-order valence-electron chi connectivity index (χ2n) is 1.24. The molecule has 9 heavy (non-hydrogen) atoms. The van der Waals surface area contributed by atoms with Crippen molar-refractivity contribution in [3.63, 3.8) is 0 Å². The molecule has 0 aliphatic carbocycles. The van der Waals surface area contributed by atoms with Crippen LogP contribution in [0.3, 0.4) is 0 Å². The van der Waals surface area contributed by atoms with Crippen LogP contribution in [-0.4, -0.2) is 8.58 Å². The van der Waals surface area contributed by atoms with Crippen molar-refractivity contribution in [2.24, 2.45) is 0 Å². The number of hydrogen-bond donors (Lipinski definition) is 0. The molecule has 0 atom stereocenters.